The first-order chi connectivity index (χ1) is 4.68. The summed E-state index contributed by atoms with van der Waals surface area (Å²) in [6.45, 7) is 6.70. The molecule has 1 heterocycles. The minimum Gasteiger partial charge on any atom is -0.353 e. The predicted octanol–water partition coefficient (Wildman–Crippen LogP) is -0.173. The summed E-state index contributed by atoms with van der Waals surface area (Å²) in [4.78, 5) is 13.0. The van der Waals surface area contributed by atoms with E-state index in [0.717, 1.165) is 13.1 Å². The van der Waals surface area contributed by atoms with Gasteiger partial charge in [0.05, 0.1) is 6.54 Å². The molecule has 1 saturated heterocycles. The average Bonchev–Trinajstić information content (AvgIpc) is 2.46. The molecule has 0 aliphatic carbocycles. The Labute approximate surface area is 61.4 Å². The molecule has 1 amide bonds. The lowest BCUT2D eigenvalue weighted by molar-refractivity contribution is -0.121. The van der Waals surface area contributed by atoms with Crippen LogP contribution in [0.25, 0.3) is 0 Å². The number of nitrogens with one attached hydrogen (secondary N) is 1. The molecule has 3 nitrogen and oxygen atoms in total. The van der Waals surface area contributed by atoms with Crippen LogP contribution in [0.15, 0.2) is 0 Å². The van der Waals surface area contributed by atoms with E-state index in [1.807, 2.05) is 13.8 Å². The Kier molecular flexibility index (Phi) is 2.27. The van der Waals surface area contributed by atoms with Gasteiger partial charge in [-0.2, -0.15) is 0 Å². The lowest BCUT2D eigenvalue weighted by Gasteiger charge is -2.07. The number of hydrogen-bond donors (Lipinski definition) is 1. The molecule has 0 aromatic rings. The smallest absolute Gasteiger partial charge is 0.234 e. The Morgan fingerprint density at radius 1 is 1.60 bits per heavy atom. The van der Waals surface area contributed by atoms with Crippen molar-refractivity contribution in [1.29, 1.82) is 0 Å². The lowest BCUT2D eigenvalue weighted by atomic mass is 10.4. The molecule has 0 aromatic heterocycles. The van der Waals surface area contributed by atoms with Gasteiger partial charge in [0.25, 0.3) is 0 Å². The zero-order valence-corrected chi connectivity index (χ0v) is 6.55. The van der Waals surface area contributed by atoms with Crippen molar-refractivity contribution in [3.05, 3.63) is 0 Å². The van der Waals surface area contributed by atoms with Gasteiger partial charge < -0.3 is 5.32 Å². The molecule has 10 heavy (non-hydrogen) atoms. The van der Waals surface area contributed by atoms with Crippen LogP contribution in [0.1, 0.15) is 13.8 Å². The number of amides is 1. The second-order valence-corrected chi connectivity index (χ2v) is 3.00. The van der Waals surface area contributed by atoms with Crippen molar-refractivity contribution >= 4 is 5.91 Å². The number of nitrogens with zero attached hydrogens (tertiary/aromatic N) is 1. The third-order valence-corrected chi connectivity index (χ3v) is 1.36. The monoisotopic (exact) mass is 142 g/mol. The van der Waals surface area contributed by atoms with Crippen molar-refractivity contribution < 1.29 is 4.79 Å². The number of carbonyl (C=O) groups excluding carboxylic acids is 1. The third-order valence-electron chi connectivity index (χ3n) is 1.36. The molecule has 0 bridgehead atoms. The van der Waals surface area contributed by atoms with Gasteiger partial charge >= 0.3 is 0 Å². The highest BCUT2D eigenvalue weighted by atomic mass is 16.2. The number of carbonyl (C=O) groups is 1. The van der Waals surface area contributed by atoms with Crippen LogP contribution >= 0.6 is 0 Å². The summed E-state index contributed by atoms with van der Waals surface area (Å²) < 4.78 is 0. The van der Waals surface area contributed by atoms with Gasteiger partial charge in [0.1, 0.15) is 0 Å². The molecule has 1 aliphatic rings. The molecule has 0 saturated carbocycles. The maximum absolute atomic E-state index is 11.0. The first kappa shape index (κ1) is 7.54. The van der Waals surface area contributed by atoms with E-state index < -0.39 is 0 Å². The predicted molar refractivity (Wildman–Crippen MR) is 39.7 cm³/mol. The van der Waals surface area contributed by atoms with Crippen molar-refractivity contribution in [3.8, 4) is 0 Å². The molecule has 58 valence electrons. The normalized spacial score (nSPS) is 17.5. The van der Waals surface area contributed by atoms with Gasteiger partial charge in [0.15, 0.2) is 0 Å². The first-order valence-electron chi connectivity index (χ1n) is 3.70. The van der Waals surface area contributed by atoms with Crippen molar-refractivity contribution in [3.63, 3.8) is 0 Å². The fourth-order valence-electron chi connectivity index (χ4n) is 0.800. The highest BCUT2D eigenvalue weighted by Gasteiger charge is 2.20. The quantitative estimate of drug-likeness (QED) is 0.555. The number of rotatable bonds is 3. The van der Waals surface area contributed by atoms with E-state index in [4.69, 9.17) is 0 Å². The van der Waals surface area contributed by atoms with Gasteiger partial charge in [-0.05, 0) is 13.8 Å². The van der Waals surface area contributed by atoms with Gasteiger partial charge in [0, 0.05) is 19.1 Å². The summed E-state index contributed by atoms with van der Waals surface area (Å²) in [5, 5.41) is 2.83. The summed E-state index contributed by atoms with van der Waals surface area (Å²) in [6.07, 6.45) is 0. The minimum absolute atomic E-state index is 0.146. The minimum atomic E-state index is 0.146. The molecule has 1 rings (SSSR count). The molecule has 1 aliphatic heterocycles. The van der Waals surface area contributed by atoms with Crippen molar-refractivity contribution in [2.75, 3.05) is 19.6 Å². The Hall–Kier alpha value is -0.570. The summed E-state index contributed by atoms with van der Waals surface area (Å²) in [5.74, 6) is 0.146. The number of hydrogen-bond acceptors (Lipinski definition) is 2. The van der Waals surface area contributed by atoms with Crippen LogP contribution in [0.4, 0.5) is 0 Å². The van der Waals surface area contributed by atoms with E-state index in [0.29, 0.717) is 6.54 Å². The van der Waals surface area contributed by atoms with Crippen LogP contribution in [-0.4, -0.2) is 36.5 Å². The Bertz CT molecular complexity index is 124. The van der Waals surface area contributed by atoms with Crippen LogP contribution < -0.4 is 5.32 Å². The SMILES string of the molecule is CC(C)NC(=O)CN1CC1. The summed E-state index contributed by atoms with van der Waals surface area (Å²) >= 11 is 0. The van der Waals surface area contributed by atoms with Gasteiger partial charge in [-0.3, -0.25) is 9.69 Å². The van der Waals surface area contributed by atoms with Crippen LogP contribution in [0.2, 0.25) is 0 Å². The van der Waals surface area contributed by atoms with Crippen molar-refractivity contribution in [2.24, 2.45) is 0 Å². The van der Waals surface area contributed by atoms with Gasteiger partial charge in [0.2, 0.25) is 5.91 Å². The Balaban J connectivity index is 2.08. The maximum Gasteiger partial charge on any atom is 0.234 e. The molecule has 3 heteroatoms. The van der Waals surface area contributed by atoms with E-state index in [9.17, 15) is 4.79 Å². The summed E-state index contributed by atoms with van der Waals surface area (Å²) in [6, 6.07) is 0.271. The summed E-state index contributed by atoms with van der Waals surface area (Å²) in [7, 11) is 0. The molecule has 1 N–H and O–H groups in total. The standard InChI is InChI=1S/C7H14N2O/c1-6(2)8-7(10)5-9-3-4-9/h6H,3-5H2,1-2H3,(H,8,10). The van der Waals surface area contributed by atoms with E-state index in [-0.39, 0.29) is 11.9 Å². The molecule has 0 aromatic carbocycles. The zero-order chi connectivity index (χ0) is 7.56. The molecule has 0 spiro atoms. The van der Waals surface area contributed by atoms with Crippen LogP contribution in [-0.2, 0) is 4.79 Å². The average molecular weight is 142 g/mol. The summed E-state index contributed by atoms with van der Waals surface area (Å²) in [5.41, 5.74) is 0. The van der Waals surface area contributed by atoms with Gasteiger partial charge in [-0.15, -0.1) is 0 Å². The second kappa shape index (κ2) is 3.01. The first-order valence-corrected chi connectivity index (χ1v) is 3.70. The molecule has 1 fully saturated rings. The van der Waals surface area contributed by atoms with Crippen LogP contribution in [0.5, 0.6) is 0 Å². The van der Waals surface area contributed by atoms with Crippen molar-refractivity contribution in [1.82, 2.24) is 10.2 Å². The molecule has 0 radical (unpaired) electrons. The van der Waals surface area contributed by atoms with Crippen LogP contribution in [0, 0.1) is 0 Å². The highest BCUT2D eigenvalue weighted by molar-refractivity contribution is 5.78. The molecule has 0 atom stereocenters. The van der Waals surface area contributed by atoms with E-state index in [1.54, 1.807) is 0 Å². The Morgan fingerprint density at radius 3 is 2.60 bits per heavy atom. The maximum atomic E-state index is 11.0. The molecule has 0 unspecified atom stereocenters. The lowest BCUT2D eigenvalue weighted by Crippen LogP contribution is -2.34. The zero-order valence-electron chi connectivity index (χ0n) is 6.55. The fraction of sp³-hybridized carbons (Fsp3) is 0.857. The Morgan fingerprint density at radius 2 is 2.20 bits per heavy atom. The van der Waals surface area contributed by atoms with Gasteiger partial charge in [-0.25, -0.2) is 0 Å². The fourth-order valence-corrected chi connectivity index (χ4v) is 0.800. The molecular weight excluding hydrogens is 128 g/mol. The van der Waals surface area contributed by atoms with E-state index in [2.05, 4.69) is 10.2 Å². The van der Waals surface area contributed by atoms with Gasteiger partial charge in [-0.1, -0.05) is 0 Å². The topological polar surface area (TPSA) is 32.1 Å². The van der Waals surface area contributed by atoms with E-state index >= 15 is 0 Å². The van der Waals surface area contributed by atoms with Crippen LogP contribution in [0.3, 0.4) is 0 Å². The second-order valence-electron chi connectivity index (χ2n) is 3.00. The molecular formula is C7H14N2O. The van der Waals surface area contributed by atoms with E-state index in [1.165, 1.54) is 0 Å². The van der Waals surface area contributed by atoms with Crippen molar-refractivity contribution in [2.45, 2.75) is 19.9 Å². The largest absolute Gasteiger partial charge is 0.353 e. The highest BCUT2D eigenvalue weighted by Crippen LogP contribution is 2.00. The third kappa shape index (κ3) is 2.82.